The smallest absolute Gasteiger partial charge is 0.235 e. The summed E-state index contributed by atoms with van der Waals surface area (Å²) in [5.74, 6) is -0.00296. The Morgan fingerprint density at radius 1 is 1.26 bits per heavy atom. The standard InChI is InChI=1S/C18H29N3O2/c1-17(2)13-21(14-7-6-8-15(14)23-17)11-16(22)20-18(12-19)9-4-3-5-10-18/h14-15H,3-11,13H2,1-2H3,(H,20,22)/t14-,15-/m1/s1. The SMILES string of the molecule is CC1(C)CN(CC(=O)NC2(C#N)CCCCC2)[C@@H]2CCC[C@H]2O1. The zero-order valence-electron chi connectivity index (χ0n) is 14.4. The highest BCUT2D eigenvalue weighted by Crippen LogP contribution is 2.35. The highest BCUT2D eigenvalue weighted by atomic mass is 16.5. The minimum Gasteiger partial charge on any atom is -0.369 e. The number of amides is 1. The predicted octanol–water partition coefficient (Wildman–Crippen LogP) is 2.36. The van der Waals surface area contributed by atoms with Gasteiger partial charge >= 0.3 is 0 Å². The Morgan fingerprint density at radius 2 is 2.00 bits per heavy atom. The molecule has 0 bridgehead atoms. The van der Waals surface area contributed by atoms with Crippen molar-refractivity contribution in [2.24, 2.45) is 0 Å². The number of carbonyl (C=O) groups is 1. The lowest BCUT2D eigenvalue weighted by atomic mass is 9.83. The van der Waals surface area contributed by atoms with Gasteiger partial charge in [0.05, 0.1) is 24.3 Å². The van der Waals surface area contributed by atoms with Crippen molar-refractivity contribution in [1.29, 1.82) is 5.26 Å². The van der Waals surface area contributed by atoms with E-state index in [4.69, 9.17) is 4.74 Å². The van der Waals surface area contributed by atoms with Crippen LogP contribution in [0, 0.1) is 11.3 Å². The molecule has 1 amide bonds. The molecule has 0 unspecified atom stereocenters. The van der Waals surface area contributed by atoms with Gasteiger partial charge in [0, 0.05) is 12.6 Å². The van der Waals surface area contributed by atoms with E-state index in [0.29, 0.717) is 12.6 Å². The second-order valence-corrected chi connectivity index (χ2v) is 8.12. The van der Waals surface area contributed by atoms with Crippen LogP contribution >= 0.6 is 0 Å². The first-order valence-electron chi connectivity index (χ1n) is 9.07. The van der Waals surface area contributed by atoms with Gasteiger partial charge < -0.3 is 10.1 Å². The quantitative estimate of drug-likeness (QED) is 0.867. The summed E-state index contributed by atoms with van der Waals surface area (Å²) >= 11 is 0. The van der Waals surface area contributed by atoms with E-state index < -0.39 is 5.54 Å². The van der Waals surface area contributed by atoms with Crippen LogP contribution in [0.5, 0.6) is 0 Å². The lowest BCUT2D eigenvalue weighted by Gasteiger charge is -2.46. The van der Waals surface area contributed by atoms with E-state index in [-0.39, 0.29) is 17.6 Å². The minimum absolute atomic E-state index is 0.00296. The topological polar surface area (TPSA) is 65.4 Å². The average molecular weight is 319 g/mol. The first kappa shape index (κ1) is 16.7. The number of hydrogen-bond donors (Lipinski definition) is 1. The summed E-state index contributed by atoms with van der Waals surface area (Å²) in [6.07, 6.45) is 8.43. The fraction of sp³-hybridized carbons (Fsp3) is 0.889. The molecule has 23 heavy (non-hydrogen) atoms. The number of ether oxygens (including phenoxy) is 1. The Morgan fingerprint density at radius 3 is 2.70 bits per heavy atom. The number of rotatable bonds is 3. The van der Waals surface area contributed by atoms with Crippen LogP contribution < -0.4 is 5.32 Å². The van der Waals surface area contributed by atoms with Gasteiger partial charge in [0.25, 0.3) is 0 Å². The molecule has 1 heterocycles. The number of nitriles is 1. The number of morpholine rings is 1. The molecule has 0 spiro atoms. The van der Waals surface area contributed by atoms with Crippen molar-refractivity contribution in [3.05, 3.63) is 0 Å². The number of nitrogens with one attached hydrogen (secondary N) is 1. The maximum atomic E-state index is 12.6. The first-order chi connectivity index (χ1) is 10.9. The molecule has 1 N–H and O–H groups in total. The van der Waals surface area contributed by atoms with E-state index in [2.05, 4.69) is 30.1 Å². The molecule has 0 aromatic rings. The fourth-order valence-electron chi connectivity index (χ4n) is 4.60. The summed E-state index contributed by atoms with van der Waals surface area (Å²) in [6.45, 7) is 5.37. The second kappa shape index (κ2) is 6.41. The largest absolute Gasteiger partial charge is 0.369 e. The Hall–Kier alpha value is -1.12. The van der Waals surface area contributed by atoms with E-state index in [9.17, 15) is 10.1 Å². The molecular formula is C18H29N3O2. The van der Waals surface area contributed by atoms with Gasteiger partial charge in [-0.15, -0.1) is 0 Å². The van der Waals surface area contributed by atoms with Gasteiger partial charge in [0.15, 0.2) is 0 Å². The highest BCUT2D eigenvalue weighted by Gasteiger charge is 2.44. The minimum atomic E-state index is -0.633. The molecule has 3 fully saturated rings. The van der Waals surface area contributed by atoms with Crippen LogP contribution in [0.4, 0.5) is 0 Å². The van der Waals surface area contributed by atoms with E-state index in [1.54, 1.807) is 0 Å². The molecular weight excluding hydrogens is 290 g/mol. The van der Waals surface area contributed by atoms with E-state index in [0.717, 1.165) is 45.1 Å². The van der Waals surface area contributed by atoms with Crippen LogP contribution in [-0.2, 0) is 9.53 Å². The van der Waals surface area contributed by atoms with Gasteiger partial charge in [-0.3, -0.25) is 9.69 Å². The van der Waals surface area contributed by atoms with Gasteiger partial charge in [-0.05, 0) is 46.0 Å². The van der Waals surface area contributed by atoms with Crippen molar-refractivity contribution < 1.29 is 9.53 Å². The third-order valence-electron chi connectivity index (χ3n) is 5.59. The van der Waals surface area contributed by atoms with Crippen molar-refractivity contribution in [2.45, 2.75) is 88.5 Å². The molecule has 0 aromatic heterocycles. The van der Waals surface area contributed by atoms with Crippen LogP contribution in [-0.4, -0.2) is 47.2 Å². The van der Waals surface area contributed by atoms with E-state index >= 15 is 0 Å². The average Bonchev–Trinajstić information content (AvgIpc) is 2.95. The Kier molecular flexibility index (Phi) is 4.66. The zero-order chi connectivity index (χ0) is 16.5. The van der Waals surface area contributed by atoms with Gasteiger partial charge in [-0.2, -0.15) is 5.26 Å². The molecule has 1 aliphatic heterocycles. The predicted molar refractivity (Wildman–Crippen MR) is 87.7 cm³/mol. The Balaban J connectivity index is 1.63. The lowest BCUT2D eigenvalue weighted by Crippen LogP contribution is -2.60. The second-order valence-electron chi connectivity index (χ2n) is 8.12. The molecule has 5 heteroatoms. The molecule has 2 atom stereocenters. The number of carbonyl (C=O) groups excluding carboxylic acids is 1. The molecule has 2 aliphatic carbocycles. The fourth-order valence-corrected chi connectivity index (χ4v) is 4.60. The number of nitrogens with zero attached hydrogens (tertiary/aromatic N) is 2. The summed E-state index contributed by atoms with van der Waals surface area (Å²) in [7, 11) is 0. The van der Waals surface area contributed by atoms with Crippen LogP contribution in [0.25, 0.3) is 0 Å². The summed E-state index contributed by atoms with van der Waals surface area (Å²) in [5.41, 5.74) is -0.838. The first-order valence-corrected chi connectivity index (χ1v) is 9.07. The molecule has 3 rings (SSSR count). The number of hydrogen-bond acceptors (Lipinski definition) is 4. The molecule has 3 aliphatic rings. The van der Waals surface area contributed by atoms with Gasteiger partial charge in [0.2, 0.25) is 5.91 Å². The van der Waals surface area contributed by atoms with Crippen molar-refractivity contribution in [3.8, 4) is 6.07 Å². The van der Waals surface area contributed by atoms with Crippen molar-refractivity contribution in [3.63, 3.8) is 0 Å². The summed E-state index contributed by atoms with van der Waals surface area (Å²) in [6, 6.07) is 2.73. The summed E-state index contributed by atoms with van der Waals surface area (Å²) < 4.78 is 6.17. The van der Waals surface area contributed by atoms with Crippen LogP contribution in [0.2, 0.25) is 0 Å². The number of fused-ring (bicyclic) bond motifs is 1. The van der Waals surface area contributed by atoms with Crippen molar-refractivity contribution in [2.75, 3.05) is 13.1 Å². The van der Waals surface area contributed by atoms with Crippen LogP contribution in [0.15, 0.2) is 0 Å². The molecule has 0 radical (unpaired) electrons. The van der Waals surface area contributed by atoms with Gasteiger partial charge in [0.1, 0.15) is 5.54 Å². The molecule has 0 aromatic carbocycles. The van der Waals surface area contributed by atoms with E-state index in [1.807, 2.05) is 0 Å². The molecule has 128 valence electrons. The normalized spacial score (nSPS) is 32.7. The van der Waals surface area contributed by atoms with Crippen LogP contribution in [0.3, 0.4) is 0 Å². The van der Waals surface area contributed by atoms with Crippen molar-refractivity contribution in [1.82, 2.24) is 10.2 Å². The lowest BCUT2D eigenvalue weighted by molar-refractivity contribution is -0.158. The summed E-state index contributed by atoms with van der Waals surface area (Å²) in [4.78, 5) is 14.9. The molecule has 2 saturated carbocycles. The maximum Gasteiger partial charge on any atom is 0.235 e. The summed E-state index contributed by atoms with van der Waals surface area (Å²) in [5, 5.41) is 12.6. The maximum absolute atomic E-state index is 12.6. The van der Waals surface area contributed by atoms with Crippen molar-refractivity contribution >= 4 is 5.91 Å². The van der Waals surface area contributed by atoms with E-state index in [1.165, 1.54) is 12.8 Å². The van der Waals surface area contributed by atoms with Gasteiger partial charge in [-0.1, -0.05) is 19.3 Å². The van der Waals surface area contributed by atoms with Crippen LogP contribution in [0.1, 0.15) is 65.2 Å². The molecule has 5 nitrogen and oxygen atoms in total. The Bertz CT molecular complexity index is 491. The Labute approximate surface area is 139 Å². The third kappa shape index (κ3) is 3.70. The molecule has 1 saturated heterocycles. The zero-order valence-corrected chi connectivity index (χ0v) is 14.4. The highest BCUT2D eigenvalue weighted by molar-refractivity contribution is 5.79. The van der Waals surface area contributed by atoms with Gasteiger partial charge in [-0.25, -0.2) is 0 Å². The monoisotopic (exact) mass is 319 g/mol. The third-order valence-corrected chi connectivity index (χ3v) is 5.59.